The van der Waals surface area contributed by atoms with E-state index in [1.165, 1.54) is 30.5 Å². The lowest BCUT2D eigenvalue weighted by Crippen LogP contribution is -2.29. The van der Waals surface area contributed by atoms with Crippen LogP contribution < -0.4 is 14.5 Å². The van der Waals surface area contributed by atoms with Gasteiger partial charge in [-0.05, 0) is 63.0 Å². The summed E-state index contributed by atoms with van der Waals surface area (Å²) in [5, 5.41) is 0.680. The number of methoxy groups -OCH3 is 1. The molecule has 5 nitrogen and oxygen atoms in total. The van der Waals surface area contributed by atoms with Crippen molar-refractivity contribution >= 4 is 29.1 Å². The van der Waals surface area contributed by atoms with Gasteiger partial charge in [-0.15, -0.1) is 0 Å². The molecule has 0 atom stereocenters. The normalized spacial score (nSPS) is 15.2. The van der Waals surface area contributed by atoms with E-state index in [1.807, 2.05) is 18.2 Å². The summed E-state index contributed by atoms with van der Waals surface area (Å²) in [6.07, 6.45) is 8.05. The number of aryl methyl sites for hydroxylation is 1. The molecule has 6 heteroatoms. The fourth-order valence-corrected chi connectivity index (χ4v) is 4.60. The van der Waals surface area contributed by atoms with Gasteiger partial charge in [0.25, 0.3) is 0 Å². The van der Waals surface area contributed by atoms with Crippen molar-refractivity contribution in [3.05, 3.63) is 34.5 Å². The predicted octanol–water partition coefficient (Wildman–Crippen LogP) is 5.80. The molecular weight excluding hydrogens is 396 g/mol. The Hall–Kier alpha value is -2.01. The Balaban J connectivity index is 1.78. The molecule has 0 N–H and O–H groups in total. The van der Waals surface area contributed by atoms with Gasteiger partial charge in [-0.2, -0.15) is 4.98 Å². The zero-order valence-electron chi connectivity index (χ0n) is 18.5. The van der Waals surface area contributed by atoms with Gasteiger partial charge >= 0.3 is 0 Å². The van der Waals surface area contributed by atoms with E-state index in [4.69, 9.17) is 26.3 Å². The number of aromatic nitrogens is 2. The maximum atomic E-state index is 6.69. The van der Waals surface area contributed by atoms with Crippen LogP contribution in [0, 0.1) is 5.92 Å². The summed E-state index contributed by atoms with van der Waals surface area (Å²) < 4.78 is 5.35. The van der Waals surface area contributed by atoms with Gasteiger partial charge in [0.2, 0.25) is 5.95 Å². The average molecular weight is 429 g/mol. The largest absolute Gasteiger partial charge is 0.497 e. The fraction of sp³-hybridized carbons (Fsp3) is 0.583. The number of fused-ring (bicyclic) bond motifs is 1. The highest BCUT2D eigenvalue weighted by Crippen LogP contribution is 2.40. The number of anilines is 3. The Labute approximate surface area is 185 Å². The monoisotopic (exact) mass is 428 g/mol. The second kappa shape index (κ2) is 9.42. The zero-order chi connectivity index (χ0) is 21.1. The first kappa shape index (κ1) is 21.2. The number of hydrogen-bond donors (Lipinski definition) is 0. The van der Waals surface area contributed by atoms with Crippen LogP contribution in [0.4, 0.5) is 17.5 Å². The first-order chi connectivity index (χ1) is 14.6. The van der Waals surface area contributed by atoms with E-state index in [2.05, 4.69) is 23.6 Å². The van der Waals surface area contributed by atoms with Crippen molar-refractivity contribution in [2.75, 3.05) is 36.5 Å². The fourth-order valence-electron chi connectivity index (χ4n) is 4.33. The second-order valence-electron chi connectivity index (χ2n) is 8.48. The number of rotatable bonds is 10. The van der Waals surface area contributed by atoms with Crippen LogP contribution in [0.15, 0.2) is 18.2 Å². The molecule has 2 aliphatic rings. The maximum absolute atomic E-state index is 6.69. The Morgan fingerprint density at radius 2 is 1.87 bits per heavy atom. The van der Waals surface area contributed by atoms with Gasteiger partial charge in [0.15, 0.2) is 0 Å². The first-order valence-corrected chi connectivity index (χ1v) is 11.8. The molecule has 2 aromatic rings. The van der Waals surface area contributed by atoms with Gasteiger partial charge in [0.05, 0.1) is 23.5 Å². The van der Waals surface area contributed by atoms with Gasteiger partial charge in [-0.1, -0.05) is 25.4 Å². The Morgan fingerprint density at radius 3 is 2.50 bits per heavy atom. The Morgan fingerprint density at radius 1 is 1.10 bits per heavy atom. The summed E-state index contributed by atoms with van der Waals surface area (Å²) in [6.45, 7) is 7.44. The lowest BCUT2D eigenvalue weighted by atomic mass is 10.2. The highest BCUT2D eigenvalue weighted by molar-refractivity contribution is 6.33. The van der Waals surface area contributed by atoms with Crippen molar-refractivity contribution < 1.29 is 4.74 Å². The number of halogens is 1. The molecule has 30 heavy (non-hydrogen) atoms. The molecule has 162 valence electrons. The summed E-state index contributed by atoms with van der Waals surface area (Å²) in [7, 11) is 1.67. The van der Waals surface area contributed by atoms with Crippen molar-refractivity contribution in [3.63, 3.8) is 0 Å². The van der Waals surface area contributed by atoms with Crippen molar-refractivity contribution in [2.24, 2.45) is 5.92 Å². The quantitative estimate of drug-likeness (QED) is 0.478. The molecule has 0 amide bonds. The van der Waals surface area contributed by atoms with E-state index < -0.39 is 0 Å². The van der Waals surface area contributed by atoms with E-state index in [0.29, 0.717) is 10.9 Å². The molecular formula is C24H33ClN4O. The van der Waals surface area contributed by atoms with Crippen LogP contribution in [0.2, 0.25) is 5.02 Å². The minimum Gasteiger partial charge on any atom is -0.497 e. The molecule has 4 rings (SSSR count). The third-order valence-corrected chi connectivity index (χ3v) is 6.31. The van der Waals surface area contributed by atoms with Crippen LogP contribution in [0.1, 0.15) is 57.2 Å². The van der Waals surface area contributed by atoms with Gasteiger partial charge in [0, 0.05) is 31.3 Å². The third kappa shape index (κ3) is 4.51. The average Bonchev–Trinajstić information content (AvgIpc) is 3.45. The van der Waals surface area contributed by atoms with Gasteiger partial charge < -0.3 is 14.5 Å². The molecule has 1 heterocycles. The summed E-state index contributed by atoms with van der Waals surface area (Å²) in [5.41, 5.74) is 3.54. The van der Waals surface area contributed by atoms with Crippen LogP contribution in [-0.2, 0) is 12.8 Å². The second-order valence-corrected chi connectivity index (χ2v) is 8.89. The molecule has 0 bridgehead atoms. The highest BCUT2D eigenvalue weighted by atomic mass is 35.5. The lowest BCUT2D eigenvalue weighted by molar-refractivity contribution is 0.415. The number of nitrogens with zero attached hydrogens (tertiary/aromatic N) is 4. The highest BCUT2D eigenvalue weighted by Gasteiger charge is 2.30. The summed E-state index contributed by atoms with van der Waals surface area (Å²) >= 11 is 6.69. The van der Waals surface area contributed by atoms with E-state index in [9.17, 15) is 0 Å². The Bertz CT molecular complexity index is 878. The van der Waals surface area contributed by atoms with Crippen LogP contribution in [0.5, 0.6) is 5.75 Å². The number of benzene rings is 1. The molecule has 1 fully saturated rings. The number of ether oxygens (including phenoxy) is 1. The molecule has 1 aromatic carbocycles. The minimum atomic E-state index is 0.680. The molecule has 0 radical (unpaired) electrons. The lowest BCUT2D eigenvalue weighted by Gasteiger charge is -2.29. The molecule has 0 unspecified atom stereocenters. The topological polar surface area (TPSA) is 41.5 Å². The first-order valence-electron chi connectivity index (χ1n) is 11.4. The predicted molar refractivity (Wildman–Crippen MR) is 125 cm³/mol. The molecule has 0 saturated heterocycles. The standard InChI is InChI=1S/C24H33ClN4O/c1-4-13-28(14-5-2)23-19-7-6-8-21(19)26-24(27-23)29(16-17-9-10-17)22-12-11-18(30-3)15-20(22)25/h11-12,15,17H,4-10,13-14,16H2,1-3H3. The third-order valence-electron chi connectivity index (χ3n) is 6.01. The minimum absolute atomic E-state index is 0.680. The van der Waals surface area contributed by atoms with Crippen molar-refractivity contribution in [3.8, 4) is 5.75 Å². The van der Waals surface area contributed by atoms with Crippen molar-refractivity contribution in [1.29, 1.82) is 0 Å². The number of hydrogen-bond acceptors (Lipinski definition) is 5. The SMILES string of the molecule is CCCN(CCC)c1nc(N(CC2CC2)c2ccc(OC)cc2Cl)nc2c1CCC2. The molecule has 0 aliphatic heterocycles. The van der Waals surface area contributed by atoms with Gasteiger partial charge in [-0.25, -0.2) is 4.98 Å². The zero-order valence-corrected chi connectivity index (χ0v) is 19.2. The van der Waals surface area contributed by atoms with Crippen LogP contribution in [0.25, 0.3) is 0 Å². The molecule has 2 aliphatic carbocycles. The van der Waals surface area contributed by atoms with Crippen molar-refractivity contribution in [2.45, 2.75) is 58.8 Å². The summed E-state index contributed by atoms with van der Waals surface area (Å²) in [6, 6.07) is 5.89. The summed E-state index contributed by atoms with van der Waals surface area (Å²) in [4.78, 5) is 14.9. The van der Waals surface area contributed by atoms with E-state index in [-0.39, 0.29) is 0 Å². The van der Waals surface area contributed by atoms with Crippen LogP contribution >= 0.6 is 11.6 Å². The van der Waals surface area contributed by atoms with Crippen LogP contribution in [-0.4, -0.2) is 36.7 Å². The molecule has 0 spiro atoms. The van der Waals surface area contributed by atoms with Gasteiger partial charge in [-0.3, -0.25) is 0 Å². The van der Waals surface area contributed by atoms with Crippen molar-refractivity contribution in [1.82, 2.24) is 9.97 Å². The van der Waals surface area contributed by atoms with E-state index >= 15 is 0 Å². The molecule has 1 saturated carbocycles. The van der Waals surface area contributed by atoms with E-state index in [0.717, 1.165) is 68.5 Å². The maximum Gasteiger partial charge on any atom is 0.232 e. The smallest absolute Gasteiger partial charge is 0.232 e. The van der Waals surface area contributed by atoms with Gasteiger partial charge in [0.1, 0.15) is 11.6 Å². The van der Waals surface area contributed by atoms with Crippen LogP contribution in [0.3, 0.4) is 0 Å². The summed E-state index contributed by atoms with van der Waals surface area (Å²) in [5.74, 6) is 3.39. The molecule has 1 aromatic heterocycles. The van der Waals surface area contributed by atoms with E-state index in [1.54, 1.807) is 7.11 Å². The Kier molecular flexibility index (Phi) is 6.67.